The summed E-state index contributed by atoms with van der Waals surface area (Å²) in [5.74, 6) is -2.27. The van der Waals surface area contributed by atoms with Crippen LogP contribution in [0.3, 0.4) is 0 Å². The molecule has 3 aromatic rings. The smallest absolute Gasteiger partial charge is 0.335 e. The molecule has 0 aliphatic carbocycles. The maximum Gasteiger partial charge on any atom is 0.335 e. The van der Waals surface area contributed by atoms with Crippen LogP contribution in [0.1, 0.15) is 40.5 Å². The van der Waals surface area contributed by atoms with Crippen molar-refractivity contribution in [2.75, 3.05) is 11.9 Å². The summed E-state index contributed by atoms with van der Waals surface area (Å²) < 4.78 is 11.3. The molecule has 192 valence electrons. The number of aromatic carboxylic acids is 1. The van der Waals surface area contributed by atoms with Gasteiger partial charge in [0, 0.05) is 17.7 Å². The van der Waals surface area contributed by atoms with Gasteiger partial charge in [0.1, 0.15) is 11.5 Å². The first kappa shape index (κ1) is 27.2. The van der Waals surface area contributed by atoms with E-state index in [9.17, 15) is 29.6 Å². The highest BCUT2D eigenvalue weighted by Gasteiger charge is 2.31. The maximum atomic E-state index is 13.3. The van der Waals surface area contributed by atoms with Gasteiger partial charge in [-0.1, -0.05) is 24.9 Å². The Hall–Kier alpha value is -4.44. The molecule has 2 N–H and O–H groups in total. The molecule has 37 heavy (non-hydrogen) atoms. The fourth-order valence-electron chi connectivity index (χ4n) is 3.16. The number of hydrogen-bond donors (Lipinski definition) is 2. The minimum absolute atomic E-state index is 0.0312. The number of carbonyl (C=O) groups is 3. The molecule has 0 bridgehead atoms. The second kappa shape index (κ2) is 12.5. The normalized spacial score (nSPS) is 11.3. The van der Waals surface area contributed by atoms with E-state index in [2.05, 4.69) is 5.32 Å². The van der Waals surface area contributed by atoms with E-state index in [1.165, 1.54) is 48.5 Å². The molecular weight excluding hydrogens is 504 g/mol. The van der Waals surface area contributed by atoms with E-state index in [4.69, 9.17) is 21.1 Å². The number of Topliss-reactive ketones (excluding diaryl/α,β-unsaturated/α-hetero) is 1. The number of unbranched alkanes of at least 4 members (excludes halogenated alkanes) is 1. The molecule has 1 atom stereocenters. The largest absolute Gasteiger partial charge is 0.494 e. The van der Waals surface area contributed by atoms with Gasteiger partial charge in [0.15, 0.2) is 0 Å². The van der Waals surface area contributed by atoms with E-state index in [0.29, 0.717) is 12.4 Å². The van der Waals surface area contributed by atoms with Crippen molar-refractivity contribution in [3.05, 3.63) is 93.0 Å². The molecule has 0 aliphatic rings. The van der Waals surface area contributed by atoms with Gasteiger partial charge in [-0.05, 0) is 61.0 Å². The average molecular weight is 527 g/mol. The number of carboxylic acid groups (broad SMARTS) is 1. The number of nitrogens with zero attached hydrogens (tertiary/aromatic N) is 1. The number of ketones is 1. The van der Waals surface area contributed by atoms with E-state index >= 15 is 0 Å². The molecule has 0 fully saturated rings. The Labute approximate surface area is 216 Å². The molecule has 0 aliphatic heterocycles. The number of hydrogen-bond acceptors (Lipinski definition) is 7. The number of nitro groups is 1. The number of nitro benzene ring substituents is 1. The molecule has 1 unspecified atom stereocenters. The van der Waals surface area contributed by atoms with Gasteiger partial charge in [-0.25, -0.2) is 4.79 Å². The molecule has 0 spiro atoms. The summed E-state index contributed by atoms with van der Waals surface area (Å²) in [4.78, 5) is 48.2. The van der Waals surface area contributed by atoms with Crippen LogP contribution in [-0.2, 0) is 4.79 Å². The van der Waals surface area contributed by atoms with E-state index in [-0.39, 0.29) is 33.3 Å². The standard InChI is InChI=1S/C26H23ClN2O8/c1-2-3-14-36-19-9-4-16(5-10-19)23(30)24(37-20-11-7-18(8-12-20)29(34)35)25(31)28-22-15-17(26(32)33)6-13-21(22)27/h4-13,15,24H,2-3,14H2,1H3,(H,28,31)(H,32,33). The fraction of sp³-hybridized carbons (Fsp3) is 0.192. The number of ether oxygens (including phenoxy) is 2. The van der Waals surface area contributed by atoms with E-state index in [1.54, 1.807) is 12.1 Å². The van der Waals surface area contributed by atoms with Gasteiger partial charge in [-0.15, -0.1) is 0 Å². The number of non-ortho nitro benzene ring substituents is 1. The lowest BCUT2D eigenvalue weighted by Gasteiger charge is -2.19. The Kier molecular flexibility index (Phi) is 9.17. The van der Waals surface area contributed by atoms with Crippen LogP contribution in [0.4, 0.5) is 11.4 Å². The van der Waals surface area contributed by atoms with Crippen molar-refractivity contribution < 1.29 is 33.9 Å². The first-order valence-electron chi connectivity index (χ1n) is 11.2. The SMILES string of the molecule is CCCCOc1ccc(C(=O)C(Oc2ccc([N+](=O)[O-])cc2)C(=O)Nc2cc(C(=O)O)ccc2Cl)cc1. The van der Waals surface area contributed by atoms with Crippen LogP contribution in [0.15, 0.2) is 66.7 Å². The molecule has 3 aromatic carbocycles. The summed E-state index contributed by atoms with van der Waals surface area (Å²) in [6, 6.07) is 14.7. The number of benzene rings is 3. The van der Waals surface area contributed by atoms with Crippen molar-refractivity contribution in [3.63, 3.8) is 0 Å². The van der Waals surface area contributed by atoms with Crippen LogP contribution in [-0.4, -0.2) is 40.4 Å². The summed E-state index contributed by atoms with van der Waals surface area (Å²) in [6.07, 6.45) is 0.113. The molecule has 1 amide bonds. The van der Waals surface area contributed by atoms with Crippen molar-refractivity contribution >= 4 is 40.6 Å². The Morgan fingerprint density at radius 3 is 2.22 bits per heavy atom. The second-order valence-electron chi connectivity index (χ2n) is 7.83. The van der Waals surface area contributed by atoms with Crippen LogP contribution in [0.2, 0.25) is 5.02 Å². The Bertz CT molecular complexity index is 1290. The topological polar surface area (TPSA) is 145 Å². The van der Waals surface area contributed by atoms with E-state index in [0.717, 1.165) is 18.9 Å². The first-order chi connectivity index (χ1) is 17.7. The Morgan fingerprint density at radius 2 is 1.62 bits per heavy atom. The van der Waals surface area contributed by atoms with E-state index in [1.807, 2.05) is 6.92 Å². The molecule has 3 rings (SSSR count). The molecule has 0 radical (unpaired) electrons. The third-order valence-corrected chi connectivity index (χ3v) is 5.48. The summed E-state index contributed by atoms with van der Waals surface area (Å²) >= 11 is 6.11. The number of rotatable bonds is 12. The number of halogens is 1. The van der Waals surface area contributed by atoms with Gasteiger partial charge in [0.25, 0.3) is 11.6 Å². The summed E-state index contributed by atoms with van der Waals surface area (Å²) in [6.45, 7) is 2.56. The van der Waals surface area contributed by atoms with Crippen molar-refractivity contribution in [1.82, 2.24) is 0 Å². The average Bonchev–Trinajstić information content (AvgIpc) is 2.88. The van der Waals surface area contributed by atoms with Crippen LogP contribution in [0, 0.1) is 10.1 Å². The molecule has 0 heterocycles. The number of amides is 1. The number of anilines is 1. The first-order valence-corrected chi connectivity index (χ1v) is 11.6. The summed E-state index contributed by atoms with van der Waals surface area (Å²) in [5.41, 5.74) is -0.209. The van der Waals surface area contributed by atoms with Crippen LogP contribution >= 0.6 is 11.6 Å². The van der Waals surface area contributed by atoms with Crippen LogP contribution in [0.25, 0.3) is 0 Å². The van der Waals surface area contributed by atoms with Crippen molar-refractivity contribution in [2.24, 2.45) is 0 Å². The highest BCUT2D eigenvalue weighted by Crippen LogP contribution is 2.25. The summed E-state index contributed by atoms with van der Waals surface area (Å²) in [7, 11) is 0. The second-order valence-corrected chi connectivity index (χ2v) is 8.24. The highest BCUT2D eigenvalue weighted by molar-refractivity contribution is 6.34. The number of nitrogens with one attached hydrogen (secondary N) is 1. The van der Waals surface area contributed by atoms with Gasteiger partial charge in [0.2, 0.25) is 11.9 Å². The zero-order valence-electron chi connectivity index (χ0n) is 19.7. The molecule has 0 saturated carbocycles. The zero-order chi connectivity index (χ0) is 26.9. The number of carboxylic acids is 1. The fourth-order valence-corrected chi connectivity index (χ4v) is 3.33. The van der Waals surface area contributed by atoms with Gasteiger partial charge in [-0.2, -0.15) is 0 Å². The van der Waals surface area contributed by atoms with Crippen molar-refractivity contribution in [2.45, 2.75) is 25.9 Å². The molecule has 11 heteroatoms. The lowest BCUT2D eigenvalue weighted by molar-refractivity contribution is -0.384. The predicted octanol–water partition coefficient (Wildman–Crippen LogP) is 5.39. The zero-order valence-corrected chi connectivity index (χ0v) is 20.4. The Morgan fingerprint density at radius 1 is 1.00 bits per heavy atom. The van der Waals surface area contributed by atoms with Gasteiger partial charge in [0.05, 0.1) is 27.8 Å². The van der Waals surface area contributed by atoms with E-state index < -0.39 is 28.7 Å². The molecular formula is C26H23ClN2O8. The van der Waals surface area contributed by atoms with Crippen molar-refractivity contribution in [1.29, 1.82) is 0 Å². The third kappa shape index (κ3) is 7.28. The Balaban J connectivity index is 1.88. The minimum atomic E-state index is -1.72. The lowest BCUT2D eigenvalue weighted by Crippen LogP contribution is -2.40. The lowest BCUT2D eigenvalue weighted by atomic mass is 10.0. The summed E-state index contributed by atoms with van der Waals surface area (Å²) in [5, 5.41) is 22.7. The highest BCUT2D eigenvalue weighted by atomic mass is 35.5. The van der Waals surface area contributed by atoms with Crippen LogP contribution in [0.5, 0.6) is 11.5 Å². The maximum absolute atomic E-state index is 13.3. The van der Waals surface area contributed by atoms with Gasteiger partial charge in [-0.3, -0.25) is 19.7 Å². The quantitative estimate of drug-likeness (QED) is 0.105. The van der Waals surface area contributed by atoms with Crippen molar-refractivity contribution in [3.8, 4) is 11.5 Å². The number of carbonyl (C=O) groups excluding carboxylic acids is 2. The minimum Gasteiger partial charge on any atom is -0.494 e. The molecule has 0 saturated heterocycles. The van der Waals surface area contributed by atoms with Gasteiger partial charge < -0.3 is 19.9 Å². The van der Waals surface area contributed by atoms with Crippen LogP contribution < -0.4 is 14.8 Å². The molecule has 10 nitrogen and oxygen atoms in total. The van der Waals surface area contributed by atoms with Gasteiger partial charge >= 0.3 is 5.97 Å². The third-order valence-electron chi connectivity index (χ3n) is 5.15. The predicted molar refractivity (Wildman–Crippen MR) is 136 cm³/mol. The molecule has 0 aromatic heterocycles. The monoisotopic (exact) mass is 526 g/mol.